The summed E-state index contributed by atoms with van der Waals surface area (Å²) in [6, 6.07) is 0. The van der Waals surface area contributed by atoms with Crippen molar-refractivity contribution in [3.63, 3.8) is 0 Å². The van der Waals surface area contributed by atoms with Gasteiger partial charge in [0.05, 0.1) is 18.8 Å². The lowest BCUT2D eigenvalue weighted by Gasteiger charge is -2.27. The van der Waals surface area contributed by atoms with Crippen LogP contribution in [0.4, 0.5) is 5.00 Å². The van der Waals surface area contributed by atoms with Crippen LogP contribution >= 0.6 is 11.3 Å². The minimum Gasteiger partial charge on any atom is -0.462 e. The first-order valence-electron chi connectivity index (χ1n) is 10.3. The van der Waals surface area contributed by atoms with Crippen LogP contribution in [0, 0.1) is 11.8 Å². The second kappa shape index (κ2) is 11.2. The van der Waals surface area contributed by atoms with E-state index in [-0.39, 0.29) is 36.2 Å². The number of carbonyl (C=O) groups excluding carboxylic acids is 3. The average Bonchev–Trinajstić information content (AvgIpc) is 3.11. The van der Waals surface area contributed by atoms with Crippen LogP contribution in [0.5, 0.6) is 0 Å². The van der Waals surface area contributed by atoms with E-state index >= 15 is 0 Å². The Labute approximate surface area is 171 Å². The lowest BCUT2D eigenvalue weighted by Crippen LogP contribution is -2.27. The van der Waals surface area contributed by atoms with Crippen molar-refractivity contribution >= 4 is 34.2 Å². The highest BCUT2D eigenvalue weighted by molar-refractivity contribution is 7.15. The molecule has 1 aromatic rings. The maximum absolute atomic E-state index is 12.8. The summed E-state index contributed by atoms with van der Waals surface area (Å²) in [7, 11) is 0. The largest absolute Gasteiger partial charge is 0.462 e. The van der Waals surface area contributed by atoms with Gasteiger partial charge in [0.15, 0.2) is 0 Å². The third-order valence-corrected chi connectivity index (χ3v) is 6.08. The van der Waals surface area contributed by atoms with Gasteiger partial charge in [0.25, 0.3) is 0 Å². The van der Waals surface area contributed by atoms with Gasteiger partial charge < -0.3 is 14.8 Å². The van der Waals surface area contributed by atoms with Gasteiger partial charge >= 0.3 is 11.9 Å². The maximum Gasteiger partial charge on any atom is 0.342 e. The summed E-state index contributed by atoms with van der Waals surface area (Å²) < 4.78 is 10.1. The molecule has 0 unspecified atom stereocenters. The number of amides is 1. The van der Waals surface area contributed by atoms with Crippen LogP contribution in [0.3, 0.4) is 0 Å². The molecule has 1 N–H and O–H groups in total. The van der Waals surface area contributed by atoms with Crippen molar-refractivity contribution in [1.29, 1.82) is 0 Å². The third-order valence-electron chi connectivity index (χ3n) is 5.19. The first-order valence-corrected chi connectivity index (χ1v) is 11.2. The van der Waals surface area contributed by atoms with Gasteiger partial charge in [-0.2, -0.15) is 0 Å². The number of esters is 2. The number of anilines is 1. The number of rotatable bonds is 9. The van der Waals surface area contributed by atoms with E-state index in [4.69, 9.17) is 9.47 Å². The summed E-state index contributed by atoms with van der Waals surface area (Å²) in [5.74, 6) is -0.627. The Morgan fingerprint density at radius 1 is 1.04 bits per heavy atom. The molecule has 156 valence electrons. The first-order chi connectivity index (χ1) is 13.5. The zero-order valence-electron chi connectivity index (χ0n) is 17.0. The molecule has 0 bridgehead atoms. The zero-order chi connectivity index (χ0) is 20.5. The second-order valence-electron chi connectivity index (χ2n) is 7.14. The van der Waals surface area contributed by atoms with E-state index in [1.165, 1.54) is 19.3 Å². The molecule has 28 heavy (non-hydrogen) atoms. The molecule has 0 radical (unpaired) electrons. The topological polar surface area (TPSA) is 81.7 Å². The fourth-order valence-corrected chi connectivity index (χ4v) is 4.56. The minimum atomic E-state index is -0.620. The Hall–Kier alpha value is -1.89. The Bertz CT molecular complexity index is 676. The van der Waals surface area contributed by atoms with E-state index in [2.05, 4.69) is 12.2 Å². The van der Waals surface area contributed by atoms with E-state index < -0.39 is 11.9 Å². The zero-order valence-corrected chi connectivity index (χ0v) is 17.9. The average molecular weight is 410 g/mol. The molecule has 1 aliphatic rings. The number of ether oxygens (including phenoxy) is 2. The fourth-order valence-electron chi connectivity index (χ4n) is 3.63. The van der Waals surface area contributed by atoms with E-state index in [0.29, 0.717) is 5.00 Å². The van der Waals surface area contributed by atoms with Crippen molar-refractivity contribution in [2.24, 2.45) is 11.8 Å². The quantitative estimate of drug-likeness (QED) is 0.578. The summed E-state index contributed by atoms with van der Waals surface area (Å²) in [5, 5.41) is 4.77. The van der Waals surface area contributed by atoms with Gasteiger partial charge in [-0.25, -0.2) is 9.59 Å². The van der Waals surface area contributed by atoms with Gasteiger partial charge in [0.2, 0.25) is 5.91 Å². The summed E-state index contributed by atoms with van der Waals surface area (Å²) in [6.45, 7) is 6.00. The van der Waals surface area contributed by atoms with Crippen LogP contribution in [0.2, 0.25) is 0 Å². The standard InChI is InChI=1S/C21H31NO5S/c1-4-7-8-14-9-11-15(12-10-14)18(23)22-19-17(21(25)27-6-3)16(13-28-19)20(24)26-5-2/h13-15H,4-12H2,1-3H3,(H,22,23). The molecule has 0 atom stereocenters. The molecule has 0 aliphatic heterocycles. The van der Waals surface area contributed by atoms with Gasteiger partial charge in [-0.3, -0.25) is 4.79 Å². The van der Waals surface area contributed by atoms with Crippen LogP contribution in [0.25, 0.3) is 0 Å². The highest BCUT2D eigenvalue weighted by Crippen LogP contribution is 2.34. The molecular weight excluding hydrogens is 378 g/mol. The highest BCUT2D eigenvalue weighted by Gasteiger charge is 2.30. The molecule has 1 aliphatic carbocycles. The van der Waals surface area contributed by atoms with Gasteiger partial charge in [-0.15, -0.1) is 11.3 Å². The van der Waals surface area contributed by atoms with Crippen molar-refractivity contribution in [2.75, 3.05) is 18.5 Å². The fraction of sp³-hybridized carbons (Fsp3) is 0.667. The summed E-state index contributed by atoms with van der Waals surface area (Å²) in [6.07, 6.45) is 7.57. The number of carbonyl (C=O) groups is 3. The van der Waals surface area contributed by atoms with E-state index in [1.54, 1.807) is 19.2 Å². The smallest absolute Gasteiger partial charge is 0.342 e. The van der Waals surface area contributed by atoms with Crippen molar-refractivity contribution in [3.05, 3.63) is 16.5 Å². The molecule has 6 nitrogen and oxygen atoms in total. The SMILES string of the molecule is CCCCC1CCC(C(=O)Nc2scc(C(=O)OCC)c2C(=O)OCC)CC1. The number of nitrogens with one attached hydrogen (secondary N) is 1. The monoisotopic (exact) mass is 409 g/mol. The molecular formula is C21H31NO5S. The van der Waals surface area contributed by atoms with Crippen LogP contribution in [-0.4, -0.2) is 31.1 Å². The Balaban J connectivity index is 2.07. The summed E-state index contributed by atoms with van der Waals surface area (Å²) >= 11 is 1.15. The predicted molar refractivity (Wildman–Crippen MR) is 110 cm³/mol. The number of hydrogen-bond acceptors (Lipinski definition) is 6. The molecule has 0 aromatic carbocycles. The Morgan fingerprint density at radius 3 is 2.29 bits per heavy atom. The van der Waals surface area contributed by atoms with E-state index in [0.717, 1.165) is 42.9 Å². The van der Waals surface area contributed by atoms with Gasteiger partial charge in [-0.05, 0) is 45.4 Å². The van der Waals surface area contributed by atoms with Crippen molar-refractivity contribution in [1.82, 2.24) is 0 Å². The van der Waals surface area contributed by atoms with E-state index in [1.807, 2.05) is 0 Å². The Morgan fingerprint density at radius 2 is 1.68 bits per heavy atom. The molecule has 0 spiro atoms. The minimum absolute atomic E-state index is 0.0546. The van der Waals surface area contributed by atoms with Crippen molar-refractivity contribution in [2.45, 2.75) is 65.7 Å². The van der Waals surface area contributed by atoms with Gasteiger partial charge in [0, 0.05) is 11.3 Å². The van der Waals surface area contributed by atoms with E-state index in [9.17, 15) is 14.4 Å². The number of unbranched alkanes of at least 4 members (excludes halogenated alkanes) is 1. The van der Waals surface area contributed by atoms with Crippen molar-refractivity contribution < 1.29 is 23.9 Å². The van der Waals surface area contributed by atoms with Crippen molar-refractivity contribution in [3.8, 4) is 0 Å². The molecule has 2 rings (SSSR count). The van der Waals surface area contributed by atoms with Crippen LogP contribution < -0.4 is 5.32 Å². The lowest BCUT2D eigenvalue weighted by molar-refractivity contribution is -0.121. The summed E-state index contributed by atoms with van der Waals surface area (Å²) in [5.41, 5.74) is 0.235. The van der Waals surface area contributed by atoms with Gasteiger partial charge in [-0.1, -0.05) is 26.2 Å². The normalized spacial score (nSPS) is 19.1. The predicted octanol–water partition coefficient (Wildman–Crippen LogP) is 5.04. The highest BCUT2D eigenvalue weighted by atomic mass is 32.1. The van der Waals surface area contributed by atoms with Crippen LogP contribution in [0.1, 0.15) is 86.4 Å². The van der Waals surface area contributed by atoms with Crippen LogP contribution in [-0.2, 0) is 14.3 Å². The molecule has 7 heteroatoms. The van der Waals surface area contributed by atoms with Crippen LogP contribution in [0.15, 0.2) is 5.38 Å². The first kappa shape index (κ1) is 22.4. The maximum atomic E-state index is 12.8. The summed E-state index contributed by atoms with van der Waals surface area (Å²) in [4.78, 5) is 37.3. The second-order valence-corrected chi connectivity index (χ2v) is 8.02. The lowest BCUT2D eigenvalue weighted by atomic mass is 9.79. The number of hydrogen-bond donors (Lipinski definition) is 1. The molecule has 1 heterocycles. The molecule has 1 saturated carbocycles. The molecule has 1 fully saturated rings. The van der Waals surface area contributed by atoms with Gasteiger partial charge in [0.1, 0.15) is 10.6 Å². The molecule has 0 saturated heterocycles. The molecule has 1 amide bonds. The third kappa shape index (κ3) is 5.80. The molecule has 1 aromatic heterocycles. The number of thiophene rings is 1. The Kier molecular flexibility index (Phi) is 8.96.